The van der Waals surface area contributed by atoms with Crippen LogP contribution in [0.1, 0.15) is 44.1 Å². The Morgan fingerprint density at radius 2 is 1.76 bits per heavy atom. The van der Waals surface area contributed by atoms with Crippen molar-refractivity contribution in [2.24, 2.45) is 0 Å². The van der Waals surface area contributed by atoms with E-state index >= 15 is 0 Å². The molecule has 1 aliphatic heterocycles. The summed E-state index contributed by atoms with van der Waals surface area (Å²) >= 11 is 0. The van der Waals surface area contributed by atoms with Crippen molar-refractivity contribution in [1.82, 2.24) is 4.90 Å². The van der Waals surface area contributed by atoms with Gasteiger partial charge in [-0.2, -0.15) is 0 Å². The predicted octanol–water partition coefficient (Wildman–Crippen LogP) is 3.57. The fourth-order valence-electron chi connectivity index (χ4n) is 4.47. The average Bonchev–Trinajstić information content (AvgIpc) is 2.64. The molecule has 0 spiro atoms. The summed E-state index contributed by atoms with van der Waals surface area (Å²) in [6, 6.07) is 4.52. The highest BCUT2D eigenvalue weighted by molar-refractivity contribution is 5.68. The van der Waals surface area contributed by atoms with Gasteiger partial charge >= 0.3 is 0 Å². The number of halogens is 1. The van der Waals surface area contributed by atoms with E-state index in [9.17, 15) is 4.39 Å². The van der Waals surface area contributed by atoms with E-state index in [1.807, 2.05) is 13.2 Å². The van der Waals surface area contributed by atoms with Crippen molar-refractivity contribution in [3.05, 3.63) is 23.5 Å². The van der Waals surface area contributed by atoms with Gasteiger partial charge in [-0.1, -0.05) is 0 Å². The van der Waals surface area contributed by atoms with Crippen LogP contribution < -0.4 is 10.6 Å². The largest absolute Gasteiger partial charge is 0.397 e. The highest BCUT2D eigenvalue weighted by Gasteiger charge is 2.30. The summed E-state index contributed by atoms with van der Waals surface area (Å²) in [6.45, 7) is 4.07. The number of hydrogen-bond acceptors (Lipinski definition) is 4. The quantitative estimate of drug-likeness (QED) is 0.844. The van der Waals surface area contributed by atoms with E-state index in [0.29, 0.717) is 23.4 Å². The summed E-state index contributed by atoms with van der Waals surface area (Å²) in [5.41, 5.74) is 8.21. The molecule has 2 N–H and O–H groups in total. The molecule has 0 aromatic heterocycles. The molecule has 0 atom stereocenters. The summed E-state index contributed by atoms with van der Waals surface area (Å²) < 4.78 is 19.2. The monoisotopic (exact) mass is 349 g/mol. The fourth-order valence-corrected chi connectivity index (χ4v) is 4.47. The molecule has 1 aromatic carbocycles. The summed E-state index contributed by atoms with van der Waals surface area (Å²) in [5, 5.41) is 0. The Kier molecular flexibility index (Phi) is 5.85. The van der Waals surface area contributed by atoms with Gasteiger partial charge in [0.15, 0.2) is 0 Å². The molecule has 25 heavy (non-hydrogen) atoms. The first kappa shape index (κ1) is 18.5. The highest BCUT2D eigenvalue weighted by Crippen LogP contribution is 2.32. The Morgan fingerprint density at radius 3 is 2.36 bits per heavy atom. The number of ether oxygens (including phenoxy) is 1. The minimum absolute atomic E-state index is 0.226. The van der Waals surface area contributed by atoms with Gasteiger partial charge < -0.3 is 20.3 Å². The minimum atomic E-state index is -0.226. The number of benzene rings is 1. The second kappa shape index (κ2) is 7.92. The van der Waals surface area contributed by atoms with Crippen LogP contribution in [0.4, 0.5) is 15.8 Å². The van der Waals surface area contributed by atoms with Crippen molar-refractivity contribution in [3.63, 3.8) is 0 Å². The maximum atomic E-state index is 13.7. The number of hydrogen-bond donors (Lipinski definition) is 1. The van der Waals surface area contributed by atoms with E-state index in [2.05, 4.69) is 16.8 Å². The lowest BCUT2D eigenvalue weighted by Gasteiger charge is -2.43. The molecule has 140 valence electrons. The first-order valence-corrected chi connectivity index (χ1v) is 9.55. The zero-order chi connectivity index (χ0) is 18.0. The van der Waals surface area contributed by atoms with Gasteiger partial charge in [0, 0.05) is 39.3 Å². The summed E-state index contributed by atoms with van der Waals surface area (Å²) in [5.74, 6) is -0.226. The molecule has 2 fully saturated rings. The molecule has 0 radical (unpaired) electrons. The van der Waals surface area contributed by atoms with Crippen LogP contribution in [0.5, 0.6) is 0 Å². The highest BCUT2D eigenvalue weighted by atomic mass is 19.1. The molecule has 1 saturated heterocycles. The van der Waals surface area contributed by atoms with Crippen LogP contribution in [-0.2, 0) is 4.74 Å². The Hall–Kier alpha value is -1.33. The topological polar surface area (TPSA) is 41.7 Å². The molecule has 2 aliphatic rings. The molecule has 0 amide bonds. The molecule has 5 heteroatoms. The number of methoxy groups -OCH3 is 1. The van der Waals surface area contributed by atoms with Crippen LogP contribution in [0.15, 0.2) is 12.1 Å². The minimum Gasteiger partial charge on any atom is -0.397 e. The molecule has 1 aromatic rings. The average molecular weight is 349 g/mol. The van der Waals surface area contributed by atoms with Gasteiger partial charge in [-0.05, 0) is 63.1 Å². The van der Waals surface area contributed by atoms with E-state index < -0.39 is 0 Å². The lowest BCUT2D eigenvalue weighted by molar-refractivity contribution is 0.0322. The van der Waals surface area contributed by atoms with E-state index in [4.69, 9.17) is 10.5 Å². The lowest BCUT2D eigenvalue weighted by Crippen LogP contribution is -2.48. The zero-order valence-electron chi connectivity index (χ0n) is 15.8. The van der Waals surface area contributed by atoms with Crippen molar-refractivity contribution in [3.8, 4) is 0 Å². The fraction of sp³-hybridized carbons (Fsp3) is 0.700. The predicted molar refractivity (Wildman–Crippen MR) is 102 cm³/mol. The normalized spacial score (nSPS) is 25.9. The van der Waals surface area contributed by atoms with Crippen LogP contribution >= 0.6 is 0 Å². The third-order valence-corrected chi connectivity index (χ3v) is 6.23. The van der Waals surface area contributed by atoms with Gasteiger partial charge in [0.1, 0.15) is 5.82 Å². The summed E-state index contributed by atoms with van der Waals surface area (Å²) in [6.07, 6.45) is 7.61. The number of nitrogens with zero attached hydrogens (tertiary/aromatic N) is 2. The third-order valence-electron chi connectivity index (χ3n) is 6.23. The maximum absolute atomic E-state index is 13.7. The second-order valence-electron chi connectivity index (χ2n) is 7.70. The van der Waals surface area contributed by atoms with Crippen LogP contribution in [0, 0.1) is 12.7 Å². The number of nitrogen functional groups attached to an aromatic ring is 1. The summed E-state index contributed by atoms with van der Waals surface area (Å²) in [7, 11) is 3.92. The van der Waals surface area contributed by atoms with Gasteiger partial charge in [-0.25, -0.2) is 4.39 Å². The number of piperidine rings is 1. The Bertz CT molecular complexity index is 579. The number of likely N-dealkylation sites (tertiary alicyclic amines) is 1. The number of nitrogens with two attached hydrogens (primary N) is 1. The number of aryl methyl sites for hydroxylation is 1. The van der Waals surface area contributed by atoms with Gasteiger partial charge in [0.25, 0.3) is 0 Å². The first-order valence-electron chi connectivity index (χ1n) is 9.55. The standard InChI is InChI=1S/C20H32FN3O/c1-14-12-20(19(22)13-18(14)21)23(2)15-8-10-24(11-9-15)16-4-6-17(25-3)7-5-16/h12-13,15-17H,4-11,22H2,1-3H3/t16-,17+. The van der Waals surface area contributed by atoms with Crippen molar-refractivity contribution in [2.75, 3.05) is 37.9 Å². The van der Waals surface area contributed by atoms with Crippen LogP contribution in [-0.4, -0.2) is 50.3 Å². The van der Waals surface area contributed by atoms with E-state index in [-0.39, 0.29) is 5.82 Å². The Balaban J connectivity index is 1.56. The van der Waals surface area contributed by atoms with Gasteiger partial charge in [-0.3, -0.25) is 0 Å². The zero-order valence-corrected chi connectivity index (χ0v) is 15.8. The molecule has 1 heterocycles. The van der Waals surface area contributed by atoms with Gasteiger partial charge in [0.2, 0.25) is 0 Å². The molecule has 3 rings (SSSR count). The molecular formula is C20H32FN3O. The molecule has 0 unspecified atom stereocenters. The van der Waals surface area contributed by atoms with Gasteiger partial charge in [0.05, 0.1) is 17.5 Å². The number of rotatable bonds is 4. The van der Waals surface area contributed by atoms with Crippen molar-refractivity contribution in [2.45, 2.75) is 63.6 Å². The smallest absolute Gasteiger partial charge is 0.128 e. The van der Waals surface area contributed by atoms with Crippen molar-refractivity contribution >= 4 is 11.4 Å². The van der Waals surface area contributed by atoms with Crippen LogP contribution in [0.25, 0.3) is 0 Å². The van der Waals surface area contributed by atoms with Crippen LogP contribution in [0.2, 0.25) is 0 Å². The first-order chi connectivity index (χ1) is 12.0. The Labute approximate surface area is 151 Å². The maximum Gasteiger partial charge on any atom is 0.128 e. The summed E-state index contributed by atoms with van der Waals surface area (Å²) in [4.78, 5) is 4.91. The van der Waals surface area contributed by atoms with Crippen molar-refractivity contribution in [1.29, 1.82) is 0 Å². The van der Waals surface area contributed by atoms with Gasteiger partial charge in [-0.15, -0.1) is 0 Å². The SMILES string of the molecule is CO[C@H]1CC[C@@H](N2CCC(N(C)c3cc(C)c(F)cc3N)CC2)CC1. The van der Waals surface area contributed by atoms with E-state index in [1.54, 1.807) is 6.92 Å². The second-order valence-corrected chi connectivity index (χ2v) is 7.70. The lowest BCUT2D eigenvalue weighted by atomic mass is 9.90. The van der Waals surface area contributed by atoms with E-state index in [0.717, 1.165) is 37.7 Å². The van der Waals surface area contributed by atoms with Crippen molar-refractivity contribution < 1.29 is 9.13 Å². The Morgan fingerprint density at radius 1 is 1.12 bits per heavy atom. The molecule has 1 saturated carbocycles. The van der Waals surface area contributed by atoms with E-state index in [1.165, 1.54) is 31.7 Å². The molecule has 1 aliphatic carbocycles. The molecular weight excluding hydrogens is 317 g/mol. The molecule has 0 bridgehead atoms. The van der Waals surface area contributed by atoms with Crippen LogP contribution in [0.3, 0.4) is 0 Å². The third kappa shape index (κ3) is 4.09. The molecule has 4 nitrogen and oxygen atoms in total. The number of anilines is 2.